The van der Waals surface area contributed by atoms with Crippen LogP contribution in [0.5, 0.6) is 0 Å². The molecule has 0 atom stereocenters. The van der Waals surface area contributed by atoms with E-state index in [1.54, 1.807) is 38.1 Å². The first-order chi connectivity index (χ1) is 8.45. The van der Waals surface area contributed by atoms with E-state index in [1.165, 1.54) is 0 Å². The van der Waals surface area contributed by atoms with Crippen LogP contribution in [0.2, 0.25) is 0 Å². The molecule has 94 valence electrons. The molecule has 0 saturated carbocycles. The molecular formula is C12H13N3O3. The topological polar surface area (TPSA) is 83.7 Å². The summed E-state index contributed by atoms with van der Waals surface area (Å²) in [6, 6.07) is 5.21. The number of hydrogen-bond donors (Lipinski definition) is 1. The smallest absolute Gasteiger partial charge is 0.334 e. The number of nitrogens with two attached hydrogens (primary N) is 1. The third kappa shape index (κ3) is 1.62. The van der Waals surface area contributed by atoms with Crippen molar-refractivity contribution in [3.05, 3.63) is 35.4 Å². The second-order valence-electron chi connectivity index (χ2n) is 4.24. The third-order valence-corrected chi connectivity index (χ3v) is 2.70. The molecule has 18 heavy (non-hydrogen) atoms. The van der Waals surface area contributed by atoms with E-state index in [9.17, 15) is 14.4 Å². The summed E-state index contributed by atoms with van der Waals surface area (Å²) in [5, 5.41) is 1.77. The average Bonchev–Trinajstić information content (AvgIpc) is 2.55. The number of urea groups is 1. The fourth-order valence-corrected chi connectivity index (χ4v) is 1.96. The van der Waals surface area contributed by atoms with Crippen LogP contribution in [0.4, 0.5) is 4.79 Å². The van der Waals surface area contributed by atoms with Crippen LogP contribution >= 0.6 is 0 Å². The van der Waals surface area contributed by atoms with Gasteiger partial charge < -0.3 is 5.73 Å². The maximum atomic E-state index is 12.1. The van der Waals surface area contributed by atoms with Crippen molar-refractivity contribution in [2.24, 2.45) is 5.73 Å². The second-order valence-corrected chi connectivity index (χ2v) is 4.24. The van der Waals surface area contributed by atoms with Crippen molar-refractivity contribution < 1.29 is 14.4 Å². The molecule has 0 fully saturated rings. The van der Waals surface area contributed by atoms with Crippen molar-refractivity contribution in [3.63, 3.8) is 0 Å². The molecule has 0 bridgehead atoms. The molecule has 2 N–H and O–H groups in total. The van der Waals surface area contributed by atoms with Gasteiger partial charge >= 0.3 is 6.03 Å². The molecule has 6 nitrogen and oxygen atoms in total. The van der Waals surface area contributed by atoms with E-state index in [1.807, 2.05) is 0 Å². The molecular weight excluding hydrogens is 234 g/mol. The minimum Gasteiger partial charge on any atom is -0.350 e. The number of benzene rings is 1. The van der Waals surface area contributed by atoms with Gasteiger partial charge in [0, 0.05) is 0 Å². The summed E-state index contributed by atoms with van der Waals surface area (Å²) >= 11 is 0. The predicted molar refractivity (Wildman–Crippen MR) is 63.5 cm³/mol. The molecule has 1 aromatic rings. The van der Waals surface area contributed by atoms with Crippen LogP contribution in [0.25, 0.3) is 0 Å². The molecule has 0 aliphatic carbocycles. The Morgan fingerprint density at radius 3 is 1.94 bits per heavy atom. The summed E-state index contributed by atoms with van der Waals surface area (Å²) in [6.07, 6.45) is 0. The van der Waals surface area contributed by atoms with Crippen LogP contribution in [-0.4, -0.2) is 33.9 Å². The number of nitrogens with zero attached hydrogens (tertiary/aromatic N) is 2. The number of rotatable bonds is 2. The van der Waals surface area contributed by atoms with Gasteiger partial charge in [0.25, 0.3) is 11.8 Å². The molecule has 0 aromatic heterocycles. The van der Waals surface area contributed by atoms with Gasteiger partial charge in [-0.3, -0.25) is 9.59 Å². The summed E-state index contributed by atoms with van der Waals surface area (Å²) < 4.78 is 0. The Kier molecular flexibility index (Phi) is 2.78. The van der Waals surface area contributed by atoms with Gasteiger partial charge in [-0.1, -0.05) is 12.1 Å². The van der Waals surface area contributed by atoms with E-state index >= 15 is 0 Å². The van der Waals surface area contributed by atoms with Crippen molar-refractivity contribution >= 4 is 17.8 Å². The Morgan fingerprint density at radius 2 is 1.61 bits per heavy atom. The highest BCUT2D eigenvalue weighted by Crippen LogP contribution is 2.24. The van der Waals surface area contributed by atoms with Crippen molar-refractivity contribution in [2.75, 3.05) is 0 Å². The van der Waals surface area contributed by atoms with Crippen LogP contribution in [-0.2, 0) is 0 Å². The van der Waals surface area contributed by atoms with Gasteiger partial charge in [0.2, 0.25) is 0 Å². The molecule has 1 aliphatic heterocycles. The number of imide groups is 1. The lowest BCUT2D eigenvalue weighted by atomic mass is 10.1. The predicted octanol–water partition coefficient (Wildman–Crippen LogP) is 0.987. The zero-order valence-electron chi connectivity index (χ0n) is 10.1. The van der Waals surface area contributed by atoms with E-state index < -0.39 is 17.8 Å². The van der Waals surface area contributed by atoms with Crippen molar-refractivity contribution in [1.82, 2.24) is 10.0 Å². The SMILES string of the molecule is CC(C)N(C(N)=O)N1C(=O)c2ccccc2C1=O. The highest BCUT2D eigenvalue weighted by atomic mass is 16.2. The molecule has 6 heteroatoms. The van der Waals surface area contributed by atoms with Crippen LogP contribution in [0.3, 0.4) is 0 Å². The summed E-state index contributed by atoms with van der Waals surface area (Å²) in [4.78, 5) is 35.6. The Labute approximate surface area is 104 Å². The first-order valence-electron chi connectivity index (χ1n) is 5.51. The normalized spacial score (nSPS) is 14.1. The van der Waals surface area contributed by atoms with Crippen molar-refractivity contribution in [2.45, 2.75) is 19.9 Å². The van der Waals surface area contributed by atoms with Crippen LogP contribution in [0.15, 0.2) is 24.3 Å². The number of hydrogen-bond acceptors (Lipinski definition) is 3. The monoisotopic (exact) mass is 247 g/mol. The molecule has 0 radical (unpaired) electrons. The second kappa shape index (κ2) is 4.14. The zero-order valence-corrected chi connectivity index (χ0v) is 10.1. The molecule has 1 aliphatic rings. The van der Waals surface area contributed by atoms with Gasteiger partial charge in [-0.05, 0) is 26.0 Å². The number of hydrazine groups is 1. The minimum atomic E-state index is -0.834. The van der Waals surface area contributed by atoms with Gasteiger partial charge in [-0.25, -0.2) is 9.80 Å². The van der Waals surface area contributed by atoms with Crippen LogP contribution < -0.4 is 5.73 Å². The molecule has 0 unspecified atom stereocenters. The lowest BCUT2D eigenvalue weighted by Crippen LogP contribution is -2.54. The number of amides is 4. The Balaban J connectivity index is 2.47. The Hall–Kier alpha value is -2.37. The van der Waals surface area contributed by atoms with Gasteiger partial charge in [-0.15, -0.1) is 0 Å². The van der Waals surface area contributed by atoms with E-state index in [-0.39, 0.29) is 17.2 Å². The summed E-state index contributed by atoms with van der Waals surface area (Å²) in [5.41, 5.74) is 5.79. The molecule has 1 aromatic carbocycles. The molecule has 0 spiro atoms. The number of carbonyl (C=O) groups excluding carboxylic acids is 3. The van der Waals surface area contributed by atoms with E-state index in [2.05, 4.69) is 0 Å². The van der Waals surface area contributed by atoms with Gasteiger partial charge in [0.15, 0.2) is 0 Å². The van der Waals surface area contributed by atoms with E-state index in [0.29, 0.717) is 0 Å². The third-order valence-electron chi connectivity index (χ3n) is 2.70. The molecule has 0 saturated heterocycles. The van der Waals surface area contributed by atoms with E-state index in [0.717, 1.165) is 10.0 Å². The fourth-order valence-electron chi connectivity index (χ4n) is 1.96. The maximum absolute atomic E-state index is 12.1. The largest absolute Gasteiger partial charge is 0.350 e. The number of primary amides is 1. The van der Waals surface area contributed by atoms with Gasteiger partial charge in [-0.2, -0.15) is 5.01 Å². The highest BCUT2D eigenvalue weighted by Gasteiger charge is 2.41. The zero-order chi connectivity index (χ0) is 13.4. The summed E-state index contributed by atoms with van der Waals surface area (Å²) in [5.74, 6) is -1.05. The number of carbonyl (C=O) groups is 3. The highest BCUT2D eigenvalue weighted by molar-refractivity contribution is 6.21. The lowest BCUT2D eigenvalue weighted by Gasteiger charge is -2.31. The summed E-state index contributed by atoms with van der Waals surface area (Å²) in [7, 11) is 0. The Bertz CT molecular complexity index is 504. The van der Waals surface area contributed by atoms with Crippen LogP contribution in [0, 0.1) is 0 Å². The van der Waals surface area contributed by atoms with Gasteiger partial charge in [0.05, 0.1) is 17.2 Å². The molecule has 1 heterocycles. The average molecular weight is 247 g/mol. The lowest BCUT2D eigenvalue weighted by molar-refractivity contribution is 0.00935. The van der Waals surface area contributed by atoms with Gasteiger partial charge in [0.1, 0.15) is 0 Å². The summed E-state index contributed by atoms with van der Waals surface area (Å²) in [6.45, 7) is 3.35. The fraction of sp³-hybridized carbons (Fsp3) is 0.250. The minimum absolute atomic E-state index is 0.286. The van der Waals surface area contributed by atoms with Crippen molar-refractivity contribution in [3.8, 4) is 0 Å². The molecule has 4 amide bonds. The Morgan fingerprint density at radius 1 is 1.17 bits per heavy atom. The number of fused-ring (bicyclic) bond motifs is 1. The standard InChI is InChI=1S/C12H13N3O3/c1-7(2)14(12(13)18)15-10(16)8-5-3-4-6-9(8)11(15)17/h3-7H,1-2H3,(H2,13,18). The van der Waals surface area contributed by atoms with E-state index in [4.69, 9.17) is 5.73 Å². The van der Waals surface area contributed by atoms with Crippen LogP contribution in [0.1, 0.15) is 34.6 Å². The first-order valence-corrected chi connectivity index (χ1v) is 5.51. The van der Waals surface area contributed by atoms with Crippen molar-refractivity contribution in [1.29, 1.82) is 0 Å². The quantitative estimate of drug-likeness (QED) is 0.791. The maximum Gasteiger partial charge on any atom is 0.334 e. The first kappa shape index (κ1) is 12.1. The molecule has 2 rings (SSSR count).